The Balaban J connectivity index is 3.13. The maximum absolute atomic E-state index is 11.2. The summed E-state index contributed by atoms with van der Waals surface area (Å²) < 4.78 is 102. The molecule has 1 N–H and O–H groups in total. The molecule has 0 aliphatic carbocycles. The van der Waals surface area contributed by atoms with Crippen molar-refractivity contribution in [1.82, 2.24) is 0 Å². The lowest BCUT2D eigenvalue weighted by Gasteiger charge is -2.38. The van der Waals surface area contributed by atoms with E-state index in [9.17, 15) is 9.90 Å². The second kappa shape index (κ2) is 41.9. The molecule has 1 aliphatic rings. The van der Waals surface area contributed by atoms with Crippen molar-refractivity contribution < 1.29 is 95.2 Å². The van der Waals surface area contributed by atoms with Crippen LogP contribution in [0.5, 0.6) is 0 Å². The largest absolute Gasteiger partial charge is 0.489 e. The number of hydrogen-bond donors (Lipinski definition) is 1. The van der Waals surface area contributed by atoms with Gasteiger partial charge in [0.1, 0.15) is 25.4 Å². The fraction of sp³-hybridized carbons (Fsp3) is 0.921. The highest BCUT2D eigenvalue weighted by Crippen LogP contribution is 2.31. The van der Waals surface area contributed by atoms with Gasteiger partial charge in [0.25, 0.3) is 0 Å². The van der Waals surface area contributed by atoms with Crippen molar-refractivity contribution in [2.45, 2.75) is 31.3 Å². The minimum atomic E-state index is -1.08. The van der Waals surface area contributed by atoms with E-state index in [-0.39, 0.29) is 78.1 Å². The molecule has 0 amide bonds. The topological polar surface area (TPSA) is 203 Å². The van der Waals surface area contributed by atoms with Gasteiger partial charge in [-0.25, -0.2) is 0 Å². The summed E-state index contributed by atoms with van der Waals surface area (Å²) in [5, 5.41) is 9.22. The van der Waals surface area contributed by atoms with Crippen molar-refractivity contribution in [2.24, 2.45) is 0 Å². The van der Waals surface area contributed by atoms with Crippen LogP contribution in [0.2, 0.25) is 0 Å². The fourth-order valence-corrected chi connectivity index (χ4v) is 4.68. The molecule has 0 bridgehead atoms. The maximum atomic E-state index is 11.2. The van der Waals surface area contributed by atoms with Gasteiger partial charge in [-0.2, -0.15) is 0 Å². The van der Waals surface area contributed by atoms with Crippen molar-refractivity contribution in [3.63, 3.8) is 0 Å². The van der Waals surface area contributed by atoms with Crippen LogP contribution in [0.25, 0.3) is 0 Å². The van der Waals surface area contributed by atoms with Crippen LogP contribution in [0, 0.1) is 0 Å². The normalized spacial score (nSPS) is 17.0. The smallest absolute Gasteiger partial charge is 0.303 e. The molecule has 58 heavy (non-hydrogen) atoms. The third-order valence-corrected chi connectivity index (χ3v) is 7.52. The highest BCUT2D eigenvalue weighted by molar-refractivity contribution is 5.66. The quantitative estimate of drug-likeness (QED) is 0.0848. The van der Waals surface area contributed by atoms with E-state index in [0.29, 0.717) is 118 Å². The maximum Gasteiger partial charge on any atom is 0.303 e. The molecule has 0 spiro atoms. The molecule has 0 fully saturated rings. The van der Waals surface area contributed by atoms with Gasteiger partial charge in [-0.05, 0) is 6.42 Å². The van der Waals surface area contributed by atoms with Crippen molar-refractivity contribution in [3.8, 4) is 0 Å². The Morgan fingerprint density at radius 2 is 0.810 bits per heavy atom. The van der Waals surface area contributed by atoms with Gasteiger partial charge in [-0.1, -0.05) is 0 Å². The van der Waals surface area contributed by atoms with Crippen LogP contribution >= 0.6 is 0 Å². The van der Waals surface area contributed by atoms with E-state index in [1.807, 2.05) is 0 Å². The number of rotatable bonds is 46. The molecule has 20 heteroatoms. The predicted octanol–water partition coefficient (Wildman–Crippen LogP) is 0.958. The van der Waals surface area contributed by atoms with Gasteiger partial charge >= 0.3 is 5.97 Å². The Hall–Kier alpha value is -1.83. The van der Waals surface area contributed by atoms with E-state index in [1.165, 1.54) is 0 Å². The van der Waals surface area contributed by atoms with E-state index in [0.717, 1.165) is 0 Å². The number of carboxylic acids is 1. The Morgan fingerprint density at radius 3 is 1.22 bits per heavy atom. The van der Waals surface area contributed by atoms with Crippen LogP contribution in [0.3, 0.4) is 0 Å². The Labute approximate surface area is 344 Å². The van der Waals surface area contributed by atoms with Crippen LogP contribution in [-0.2, 0) is 90.1 Å². The molecule has 344 valence electrons. The molecule has 0 aromatic heterocycles. The molecule has 0 aromatic rings. The van der Waals surface area contributed by atoms with E-state index in [2.05, 4.69) is 0 Å². The second-order valence-electron chi connectivity index (χ2n) is 12.0. The summed E-state index contributed by atoms with van der Waals surface area (Å²) in [7, 11) is 6.45. The molecular weight excluding hydrogens is 776 g/mol. The monoisotopic (exact) mass is 848 g/mol. The first-order chi connectivity index (χ1) is 28.6. The zero-order valence-corrected chi connectivity index (χ0v) is 35.2. The average molecular weight is 849 g/mol. The van der Waals surface area contributed by atoms with Gasteiger partial charge < -0.3 is 90.4 Å². The zero-order chi connectivity index (χ0) is 42.0. The van der Waals surface area contributed by atoms with E-state index >= 15 is 0 Å². The summed E-state index contributed by atoms with van der Waals surface area (Å²) in [6.45, 7) is 8.78. The summed E-state index contributed by atoms with van der Waals surface area (Å²) in [4.78, 5) is 11.2. The van der Waals surface area contributed by atoms with Crippen molar-refractivity contribution in [3.05, 3.63) is 11.5 Å². The number of hydrogen-bond acceptors (Lipinski definition) is 19. The molecular formula is C38H72O20. The molecule has 1 aliphatic heterocycles. The summed E-state index contributed by atoms with van der Waals surface area (Å²) >= 11 is 0. The van der Waals surface area contributed by atoms with Crippen LogP contribution in [0.1, 0.15) is 12.8 Å². The Morgan fingerprint density at radius 1 is 0.448 bits per heavy atom. The summed E-state index contributed by atoms with van der Waals surface area (Å²) in [5.41, 5.74) is 0. The lowest BCUT2D eigenvalue weighted by molar-refractivity contribution is -0.231. The molecule has 3 atom stereocenters. The molecule has 0 saturated carbocycles. The van der Waals surface area contributed by atoms with E-state index in [4.69, 9.17) is 85.3 Å². The number of aliphatic carboxylic acids is 1. The minimum absolute atomic E-state index is 0.0677. The number of ether oxygens (including phenoxy) is 18. The molecule has 20 nitrogen and oxygen atoms in total. The van der Waals surface area contributed by atoms with Crippen LogP contribution in [0.15, 0.2) is 11.5 Å². The van der Waals surface area contributed by atoms with Gasteiger partial charge in [-0.15, -0.1) is 0 Å². The molecule has 0 saturated heterocycles. The zero-order valence-electron chi connectivity index (χ0n) is 35.2. The lowest BCUT2D eigenvalue weighted by Crippen LogP contribution is -2.48. The Kier molecular flexibility index (Phi) is 39.1. The van der Waals surface area contributed by atoms with E-state index < -0.39 is 24.5 Å². The van der Waals surface area contributed by atoms with Gasteiger partial charge in [0, 0.05) is 34.9 Å². The standard InChI is InChI=1S/C38H72O20/c1-41-8-12-45-16-20-49-24-25-53-32-33-35(54-29-26-50-21-17-46-13-9-42-2)36(55-30-27-51-22-18-47-14-10-43-3)37(38(58-33)57-7-5-6-34(39)40)56-31-28-52-23-19-48-15-11-44-4/h33,35,38H,5-32H2,1-4H3,(H,39,40). The van der Waals surface area contributed by atoms with Crippen molar-refractivity contribution in [2.75, 3.05) is 200 Å². The number of methoxy groups -OCH3 is 4. The molecule has 0 radical (unpaired) electrons. The highest BCUT2D eigenvalue weighted by atomic mass is 16.7. The Bertz CT molecular complexity index is 930. The summed E-state index contributed by atoms with van der Waals surface area (Å²) in [6, 6.07) is 0. The lowest BCUT2D eigenvalue weighted by atomic mass is 10.1. The number of carbonyl (C=O) groups is 1. The first-order valence-electron chi connectivity index (χ1n) is 19.8. The summed E-state index contributed by atoms with van der Waals surface area (Å²) in [6.07, 6.45) is -2.48. The van der Waals surface area contributed by atoms with Gasteiger partial charge in [-0.3, -0.25) is 4.79 Å². The summed E-state index contributed by atoms with van der Waals surface area (Å²) in [5.74, 6) is -0.397. The molecule has 1 rings (SSSR count). The fourth-order valence-electron chi connectivity index (χ4n) is 4.68. The van der Waals surface area contributed by atoms with Crippen molar-refractivity contribution >= 4 is 5.97 Å². The molecule has 0 aromatic carbocycles. The van der Waals surface area contributed by atoms with Crippen LogP contribution < -0.4 is 0 Å². The van der Waals surface area contributed by atoms with Gasteiger partial charge in [0.15, 0.2) is 11.5 Å². The third-order valence-electron chi connectivity index (χ3n) is 7.52. The molecule has 1 heterocycles. The van der Waals surface area contributed by atoms with Crippen molar-refractivity contribution in [1.29, 1.82) is 0 Å². The van der Waals surface area contributed by atoms with Crippen LogP contribution in [0.4, 0.5) is 0 Å². The van der Waals surface area contributed by atoms with Gasteiger partial charge in [0.05, 0.1) is 159 Å². The second-order valence-corrected chi connectivity index (χ2v) is 12.0. The van der Waals surface area contributed by atoms with Crippen LogP contribution in [-0.4, -0.2) is 230 Å². The first-order valence-corrected chi connectivity index (χ1v) is 19.8. The number of carboxylic acid groups (broad SMARTS) is 1. The third kappa shape index (κ3) is 31.1. The first kappa shape index (κ1) is 54.2. The SMILES string of the molecule is COCCOCCOCCOCC1OC(OCCCC(=O)O)C(OCCOCCOCCOC)=C(OCCOCCOCCOC)C1OCCOCCOCCOC. The van der Waals surface area contributed by atoms with E-state index in [1.54, 1.807) is 28.4 Å². The predicted molar refractivity (Wildman–Crippen MR) is 205 cm³/mol. The highest BCUT2D eigenvalue weighted by Gasteiger charge is 2.42. The van der Waals surface area contributed by atoms with Gasteiger partial charge in [0.2, 0.25) is 6.29 Å². The average Bonchev–Trinajstić information content (AvgIpc) is 3.22. The molecule has 3 unspecified atom stereocenters. The minimum Gasteiger partial charge on any atom is -0.489 e.